The zero-order valence-corrected chi connectivity index (χ0v) is 9.71. The van der Waals surface area contributed by atoms with Crippen molar-refractivity contribution >= 4 is 0 Å². The molecule has 1 N–H and O–H groups in total. The first-order valence-electron chi connectivity index (χ1n) is 5.57. The summed E-state index contributed by atoms with van der Waals surface area (Å²) in [6, 6.07) is 0. The van der Waals surface area contributed by atoms with Gasteiger partial charge < -0.3 is 14.6 Å². The third-order valence-electron chi connectivity index (χ3n) is 2.10. The van der Waals surface area contributed by atoms with Gasteiger partial charge >= 0.3 is 0 Å². The van der Waals surface area contributed by atoms with Crippen molar-refractivity contribution in [2.75, 3.05) is 19.8 Å². The van der Waals surface area contributed by atoms with Gasteiger partial charge in [0.2, 0.25) is 0 Å². The predicted molar refractivity (Wildman–Crippen MR) is 57.2 cm³/mol. The number of hydrogen-bond donors (Lipinski definition) is 1. The van der Waals surface area contributed by atoms with Crippen molar-refractivity contribution in [2.45, 2.75) is 52.2 Å². The Bertz CT molecular complexity index is 128. The molecule has 0 aromatic rings. The third-order valence-corrected chi connectivity index (χ3v) is 2.10. The van der Waals surface area contributed by atoms with Gasteiger partial charge in [0, 0.05) is 26.2 Å². The molecule has 3 heteroatoms. The molecular formula is C11H24O3. The Kier molecular flexibility index (Phi) is 8.14. The van der Waals surface area contributed by atoms with E-state index in [9.17, 15) is 0 Å². The Morgan fingerprint density at radius 3 is 2.36 bits per heavy atom. The number of rotatable bonds is 9. The molecule has 0 saturated carbocycles. The molecule has 0 aliphatic heterocycles. The van der Waals surface area contributed by atoms with Crippen LogP contribution in [0.5, 0.6) is 0 Å². The lowest BCUT2D eigenvalue weighted by molar-refractivity contribution is -0.227. The number of hydrogen-bond acceptors (Lipinski definition) is 3. The standard InChI is InChI=1S/C11H24O3/c1-4-10-14-11(3,13-5-2)8-6-7-9-12/h12H,4-10H2,1-3H3. The first-order valence-corrected chi connectivity index (χ1v) is 5.57. The summed E-state index contributed by atoms with van der Waals surface area (Å²) in [5.41, 5.74) is 0. The van der Waals surface area contributed by atoms with Crippen LogP contribution in [0.15, 0.2) is 0 Å². The molecule has 0 bridgehead atoms. The molecule has 3 nitrogen and oxygen atoms in total. The van der Waals surface area contributed by atoms with Gasteiger partial charge in [-0.05, 0) is 33.1 Å². The average Bonchev–Trinajstić information content (AvgIpc) is 2.16. The molecule has 0 rings (SSSR count). The smallest absolute Gasteiger partial charge is 0.165 e. The molecule has 0 aliphatic carbocycles. The maximum absolute atomic E-state index is 8.69. The van der Waals surface area contributed by atoms with Crippen LogP contribution < -0.4 is 0 Å². The summed E-state index contributed by atoms with van der Waals surface area (Å²) < 4.78 is 11.2. The Labute approximate surface area is 87.4 Å². The lowest BCUT2D eigenvalue weighted by Gasteiger charge is -2.29. The zero-order valence-electron chi connectivity index (χ0n) is 9.71. The summed E-state index contributed by atoms with van der Waals surface area (Å²) in [4.78, 5) is 0. The molecule has 1 unspecified atom stereocenters. The van der Waals surface area contributed by atoms with Crippen molar-refractivity contribution in [3.8, 4) is 0 Å². The molecular weight excluding hydrogens is 180 g/mol. The fourth-order valence-electron chi connectivity index (χ4n) is 1.37. The van der Waals surface area contributed by atoms with Gasteiger partial charge in [0.05, 0.1) is 0 Å². The fraction of sp³-hybridized carbons (Fsp3) is 1.00. The minimum Gasteiger partial charge on any atom is -0.396 e. The van der Waals surface area contributed by atoms with Gasteiger partial charge in [0.25, 0.3) is 0 Å². The van der Waals surface area contributed by atoms with E-state index in [0.717, 1.165) is 32.3 Å². The third kappa shape index (κ3) is 6.35. The summed E-state index contributed by atoms with van der Waals surface area (Å²) in [7, 11) is 0. The van der Waals surface area contributed by atoms with Gasteiger partial charge in [-0.15, -0.1) is 0 Å². The molecule has 0 aromatic carbocycles. The van der Waals surface area contributed by atoms with E-state index in [-0.39, 0.29) is 6.61 Å². The van der Waals surface area contributed by atoms with Crippen molar-refractivity contribution in [3.05, 3.63) is 0 Å². The highest BCUT2D eigenvalue weighted by atomic mass is 16.7. The van der Waals surface area contributed by atoms with Gasteiger partial charge in [0.1, 0.15) is 0 Å². The van der Waals surface area contributed by atoms with Gasteiger partial charge in [-0.3, -0.25) is 0 Å². The van der Waals surface area contributed by atoms with Crippen LogP contribution in [0, 0.1) is 0 Å². The Morgan fingerprint density at radius 1 is 1.14 bits per heavy atom. The van der Waals surface area contributed by atoms with Crippen LogP contribution >= 0.6 is 0 Å². The normalized spacial score (nSPS) is 15.4. The minimum atomic E-state index is -0.458. The van der Waals surface area contributed by atoms with Crippen LogP contribution in [0.3, 0.4) is 0 Å². The highest BCUT2D eigenvalue weighted by molar-refractivity contribution is 4.63. The second kappa shape index (κ2) is 8.21. The van der Waals surface area contributed by atoms with Gasteiger partial charge in [-0.2, -0.15) is 0 Å². The van der Waals surface area contributed by atoms with Crippen molar-refractivity contribution in [1.82, 2.24) is 0 Å². The van der Waals surface area contributed by atoms with E-state index in [1.807, 2.05) is 13.8 Å². The second-order valence-corrected chi connectivity index (χ2v) is 3.60. The molecule has 86 valence electrons. The van der Waals surface area contributed by atoms with Crippen molar-refractivity contribution in [2.24, 2.45) is 0 Å². The Hall–Kier alpha value is -0.120. The number of unbranched alkanes of at least 4 members (excludes halogenated alkanes) is 1. The van der Waals surface area contributed by atoms with Gasteiger partial charge in [-0.1, -0.05) is 6.92 Å². The van der Waals surface area contributed by atoms with Crippen LogP contribution in [0.2, 0.25) is 0 Å². The minimum absolute atomic E-state index is 0.246. The fourth-order valence-corrected chi connectivity index (χ4v) is 1.37. The predicted octanol–water partition coefficient (Wildman–Crippen LogP) is 2.33. The summed E-state index contributed by atoms with van der Waals surface area (Å²) in [5.74, 6) is -0.458. The van der Waals surface area contributed by atoms with Gasteiger partial charge in [0.15, 0.2) is 5.79 Å². The number of aliphatic hydroxyl groups excluding tert-OH is 1. The maximum Gasteiger partial charge on any atom is 0.165 e. The molecule has 0 aliphatic rings. The summed E-state index contributed by atoms with van der Waals surface area (Å²) in [6.07, 6.45) is 3.61. The van der Waals surface area contributed by atoms with Crippen LogP contribution in [-0.2, 0) is 9.47 Å². The van der Waals surface area contributed by atoms with Crippen molar-refractivity contribution < 1.29 is 14.6 Å². The average molecular weight is 204 g/mol. The molecule has 1 atom stereocenters. The SMILES string of the molecule is CCCOC(C)(CCCCO)OCC. The largest absolute Gasteiger partial charge is 0.396 e. The molecule has 0 fully saturated rings. The highest BCUT2D eigenvalue weighted by Gasteiger charge is 2.24. The quantitative estimate of drug-likeness (QED) is 0.463. The monoisotopic (exact) mass is 204 g/mol. The van der Waals surface area contributed by atoms with Crippen molar-refractivity contribution in [1.29, 1.82) is 0 Å². The summed E-state index contributed by atoms with van der Waals surface area (Å²) in [6.45, 7) is 7.67. The number of ether oxygens (including phenoxy) is 2. The van der Waals surface area contributed by atoms with E-state index >= 15 is 0 Å². The highest BCUT2D eigenvalue weighted by Crippen LogP contribution is 2.20. The van der Waals surface area contributed by atoms with E-state index in [0.29, 0.717) is 6.61 Å². The molecule has 0 saturated heterocycles. The van der Waals surface area contributed by atoms with E-state index in [1.165, 1.54) is 0 Å². The summed E-state index contributed by atoms with van der Waals surface area (Å²) in [5, 5.41) is 8.69. The van der Waals surface area contributed by atoms with Crippen LogP contribution in [-0.4, -0.2) is 30.7 Å². The van der Waals surface area contributed by atoms with E-state index in [4.69, 9.17) is 14.6 Å². The molecule has 14 heavy (non-hydrogen) atoms. The molecule has 0 aromatic heterocycles. The number of aliphatic hydroxyl groups is 1. The first-order chi connectivity index (χ1) is 6.68. The topological polar surface area (TPSA) is 38.7 Å². The molecule has 0 radical (unpaired) electrons. The molecule has 0 amide bonds. The van der Waals surface area contributed by atoms with Crippen molar-refractivity contribution in [3.63, 3.8) is 0 Å². The maximum atomic E-state index is 8.69. The lowest BCUT2D eigenvalue weighted by atomic mass is 10.1. The van der Waals surface area contributed by atoms with Crippen LogP contribution in [0.1, 0.15) is 46.5 Å². The zero-order chi connectivity index (χ0) is 10.9. The Morgan fingerprint density at radius 2 is 1.86 bits per heavy atom. The van der Waals surface area contributed by atoms with Crippen LogP contribution in [0.4, 0.5) is 0 Å². The summed E-state index contributed by atoms with van der Waals surface area (Å²) >= 11 is 0. The first kappa shape index (κ1) is 13.9. The molecule has 0 spiro atoms. The van der Waals surface area contributed by atoms with E-state index < -0.39 is 5.79 Å². The lowest BCUT2D eigenvalue weighted by Crippen LogP contribution is -2.32. The van der Waals surface area contributed by atoms with E-state index in [2.05, 4.69) is 6.92 Å². The molecule has 0 heterocycles. The van der Waals surface area contributed by atoms with Gasteiger partial charge in [-0.25, -0.2) is 0 Å². The second-order valence-electron chi connectivity index (χ2n) is 3.60. The van der Waals surface area contributed by atoms with Crippen LogP contribution in [0.25, 0.3) is 0 Å². The van der Waals surface area contributed by atoms with E-state index in [1.54, 1.807) is 0 Å². The Balaban J connectivity index is 3.82.